The van der Waals surface area contributed by atoms with Crippen LogP contribution in [0.15, 0.2) is 16.6 Å². The third-order valence-electron chi connectivity index (χ3n) is 2.74. The lowest BCUT2D eigenvalue weighted by Gasteiger charge is -2.14. The van der Waals surface area contributed by atoms with E-state index in [1.807, 2.05) is 13.0 Å². The summed E-state index contributed by atoms with van der Waals surface area (Å²) >= 11 is 3.22. The number of benzene rings is 1. The molecule has 0 spiro atoms. The molecule has 0 bridgehead atoms. The largest absolute Gasteiger partial charge is 0.310 e. The zero-order valence-corrected chi connectivity index (χ0v) is 9.70. The maximum atomic E-state index is 13.2. The highest BCUT2D eigenvalue weighted by Gasteiger charge is 2.19. The van der Waals surface area contributed by atoms with Crippen molar-refractivity contribution >= 4 is 15.9 Å². The predicted molar refractivity (Wildman–Crippen MR) is 58.8 cm³/mol. The van der Waals surface area contributed by atoms with Gasteiger partial charge in [-0.25, -0.2) is 4.39 Å². The van der Waals surface area contributed by atoms with Gasteiger partial charge in [0.25, 0.3) is 0 Å². The molecule has 76 valence electrons. The van der Waals surface area contributed by atoms with Gasteiger partial charge in [0.15, 0.2) is 0 Å². The van der Waals surface area contributed by atoms with Crippen LogP contribution in [0, 0.1) is 12.7 Å². The fourth-order valence-corrected chi connectivity index (χ4v) is 2.35. The number of halogens is 2. The molecule has 2 rings (SSSR count). The van der Waals surface area contributed by atoms with E-state index in [0.29, 0.717) is 10.5 Å². The Bertz CT molecular complexity index is 345. The topological polar surface area (TPSA) is 12.0 Å². The normalized spacial score (nSPS) is 21.5. The van der Waals surface area contributed by atoms with Crippen molar-refractivity contribution in [3.05, 3.63) is 33.5 Å². The maximum Gasteiger partial charge on any atom is 0.137 e. The van der Waals surface area contributed by atoms with Crippen LogP contribution in [0.2, 0.25) is 0 Å². The molecule has 0 radical (unpaired) electrons. The van der Waals surface area contributed by atoms with Crippen molar-refractivity contribution in [3.8, 4) is 0 Å². The van der Waals surface area contributed by atoms with Gasteiger partial charge in [-0.15, -0.1) is 0 Å². The molecule has 1 fully saturated rings. The molecule has 1 aromatic carbocycles. The van der Waals surface area contributed by atoms with Crippen LogP contribution in [-0.2, 0) is 0 Å². The van der Waals surface area contributed by atoms with E-state index in [4.69, 9.17) is 0 Å². The van der Waals surface area contributed by atoms with Gasteiger partial charge in [-0.1, -0.05) is 0 Å². The zero-order valence-electron chi connectivity index (χ0n) is 8.11. The minimum absolute atomic E-state index is 0.177. The third-order valence-corrected chi connectivity index (χ3v) is 3.35. The molecule has 0 aliphatic carbocycles. The molecule has 1 N–H and O–H groups in total. The lowest BCUT2D eigenvalue weighted by Crippen LogP contribution is -2.14. The summed E-state index contributed by atoms with van der Waals surface area (Å²) in [6.45, 7) is 3.03. The van der Waals surface area contributed by atoms with Gasteiger partial charge in [0.1, 0.15) is 5.82 Å². The van der Waals surface area contributed by atoms with E-state index < -0.39 is 0 Å². The first-order chi connectivity index (χ1) is 6.68. The van der Waals surface area contributed by atoms with E-state index in [9.17, 15) is 4.39 Å². The van der Waals surface area contributed by atoms with Crippen LogP contribution in [0.3, 0.4) is 0 Å². The van der Waals surface area contributed by atoms with Crippen molar-refractivity contribution in [2.45, 2.75) is 25.8 Å². The summed E-state index contributed by atoms with van der Waals surface area (Å²) < 4.78 is 13.7. The van der Waals surface area contributed by atoms with Gasteiger partial charge in [0, 0.05) is 6.04 Å². The van der Waals surface area contributed by atoms with Crippen LogP contribution in [0.25, 0.3) is 0 Å². The number of rotatable bonds is 1. The van der Waals surface area contributed by atoms with Gasteiger partial charge in [-0.3, -0.25) is 0 Å². The number of aryl methyl sites for hydroxylation is 1. The number of hydrogen-bond donors (Lipinski definition) is 1. The van der Waals surface area contributed by atoms with Crippen molar-refractivity contribution in [1.82, 2.24) is 5.32 Å². The average Bonchev–Trinajstić information content (AvgIpc) is 2.64. The Morgan fingerprint density at radius 3 is 2.93 bits per heavy atom. The van der Waals surface area contributed by atoms with Crippen LogP contribution in [-0.4, -0.2) is 6.54 Å². The quantitative estimate of drug-likeness (QED) is 0.814. The second-order valence-corrected chi connectivity index (χ2v) is 4.63. The summed E-state index contributed by atoms with van der Waals surface area (Å²) in [6, 6.07) is 3.90. The molecule has 1 atom stereocenters. The van der Waals surface area contributed by atoms with Crippen molar-refractivity contribution in [3.63, 3.8) is 0 Å². The highest BCUT2D eigenvalue weighted by atomic mass is 79.9. The minimum Gasteiger partial charge on any atom is -0.310 e. The molecule has 14 heavy (non-hydrogen) atoms. The van der Waals surface area contributed by atoms with E-state index in [2.05, 4.69) is 21.2 Å². The van der Waals surface area contributed by atoms with Gasteiger partial charge < -0.3 is 5.32 Å². The first-order valence-electron chi connectivity index (χ1n) is 4.87. The van der Waals surface area contributed by atoms with E-state index in [1.54, 1.807) is 6.07 Å². The molecule has 0 aromatic heterocycles. The smallest absolute Gasteiger partial charge is 0.137 e. The minimum atomic E-state index is -0.177. The molecule has 1 heterocycles. The van der Waals surface area contributed by atoms with E-state index in [1.165, 1.54) is 12.0 Å². The monoisotopic (exact) mass is 257 g/mol. The molecular weight excluding hydrogens is 245 g/mol. The Morgan fingerprint density at radius 1 is 1.50 bits per heavy atom. The second-order valence-electron chi connectivity index (χ2n) is 3.77. The highest BCUT2D eigenvalue weighted by Crippen LogP contribution is 2.29. The van der Waals surface area contributed by atoms with Crippen molar-refractivity contribution in [2.24, 2.45) is 0 Å². The Balaban J connectivity index is 2.37. The van der Waals surface area contributed by atoms with E-state index in [-0.39, 0.29) is 5.82 Å². The first-order valence-corrected chi connectivity index (χ1v) is 5.66. The maximum absolute atomic E-state index is 13.2. The van der Waals surface area contributed by atoms with Crippen LogP contribution < -0.4 is 5.32 Å². The fraction of sp³-hybridized carbons (Fsp3) is 0.455. The summed E-state index contributed by atoms with van der Waals surface area (Å²) in [6.07, 6.45) is 2.36. The molecule has 1 aliphatic heterocycles. The summed E-state index contributed by atoms with van der Waals surface area (Å²) in [5, 5.41) is 3.42. The first kappa shape index (κ1) is 10.1. The average molecular weight is 258 g/mol. The molecule has 1 aliphatic rings. The zero-order chi connectivity index (χ0) is 10.1. The fourth-order valence-electron chi connectivity index (χ4n) is 1.99. The predicted octanol–water partition coefficient (Wildman–Crippen LogP) is 3.32. The molecule has 1 nitrogen and oxygen atoms in total. The third kappa shape index (κ3) is 1.84. The van der Waals surface area contributed by atoms with Crippen LogP contribution in [0.5, 0.6) is 0 Å². The van der Waals surface area contributed by atoms with Crippen LogP contribution in [0.4, 0.5) is 4.39 Å². The van der Waals surface area contributed by atoms with Crippen LogP contribution in [0.1, 0.15) is 30.0 Å². The summed E-state index contributed by atoms with van der Waals surface area (Å²) in [7, 11) is 0. The van der Waals surface area contributed by atoms with Crippen molar-refractivity contribution in [1.29, 1.82) is 0 Å². The molecule has 3 heteroatoms. The summed E-state index contributed by atoms with van der Waals surface area (Å²) in [4.78, 5) is 0. The van der Waals surface area contributed by atoms with Gasteiger partial charge >= 0.3 is 0 Å². The second kappa shape index (κ2) is 3.99. The van der Waals surface area contributed by atoms with Crippen molar-refractivity contribution < 1.29 is 4.39 Å². The highest BCUT2D eigenvalue weighted by molar-refractivity contribution is 9.10. The SMILES string of the molecule is Cc1cc(F)c(Br)cc1C1CCCN1. The summed E-state index contributed by atoms with van der Waals surface area (Å²) in [5.41, 5.74) is 2.25. The lowest BCUT2D eigenvalue weighted by atomic mass is 10.00. The van der Waals surface area contributed by atoms with Crippen molar-refractivity contribution in [2.75, 3.05) is 6.54 Å². The Morgan fingerprint density at radius 2 is 2.29 bits per heavy atom. The number of nitrogens with one attached hydrogen (secondary N) is 1. The van der Waals surface area contributed by atoms with Gasteiger partial charge in [-0.2, -0.15) is 0 Å². The molecule has 1 aromatic rings. The molecule has 1 saturated heterocycles. The molecule has 0 amide bonds. The lowest BCUT2D eigenvalue weighted by molar-refractivity contribution is 0.608. The van der Waals surface area contributed by atoms with Gasteiger partial charge in [-0.05, 0) is 65.5 Å². The Labute approximate surface area is 91.8 Å². The molecular formula is C11H13BrFN. The van der Waals surface area contributed by atoms with Gasteiger partial charge in [0.05, 0.1) is 4.47 Å². The standard InChI is InChI=1S/C11H13BrFN/c1-7-5-10(13)9(12)6-8(7)11-3-2-4-14-11/h5-6,11,14H,2-4H2,1H3. The molecule has 1 unspecified atom stereocenters. The molecule has 0 saturated carbocycles. The Kier molecular flexibility index (Phi) is 2.88. The Hall–Kier alpha value is -0.410. The van der Waals surface area contributed by atoms with Gasteiger partial charge in [0.2, 0.25) is 0 Å². The van der Waals surface area contributed by atoms with E-state index >= 15 is 0 Å². The van der Waals surface area contributed by atoms with Crippen LogP contribution >= 0.6 is 15.9 Å². The van der Waals surface area contributed by atoms with E-state index in [0.717, 1.165) is 18.5 Å². The number of hydrogen-bond acceptors (Lipinski definition) is 1. The summed E-state index contributed by atoms with van der Waals surface area (Å²) in [5.74, 6) is -0.177.